The minimum absolute atomic E-state index is 0.0495. The maximum absolute atomic E-state index is 11.2. The average Bonchev–Trinajstić information content (AvgIpc) is 2.48. The van der Waals surface area contributed by atoms with E-state index in [1.54, 1.807) is 18.2 Å². The highest BCUT2D eigenvalue weighted by atomic mass is 35.5. The van der Waals surface area contributed by atoms with E-state index in [4.69, 9.17) is 26.2 Å². The lowest BCUT2D eigenvalue weighted by Crippen LogP contribution is -2.05. The lowest BCUT2D eigenvalue weighted by molar-refractivity contribution is 0.0697. The number of hydrogen-bond acceptors (Lipinski definition) is 5. The largest absolute Gasteiger partial charge is 0.495 e. The number of carbonyl (C=O) groups is 1. The number of nitrogens with zero attached hydrogens (tertiary/aromatic N) is 1. The molecule has 0 aliphatic heterocycles. The summed E-state index contributed by atoms with van der Waals surface area (Å²) in [6.45, 7) is 0. The van der Waals surface area contributed by atoms with E-state index in [9.17, 15) is 4.79 Å². The van der Waals surface area contributed by atoms with E-state index in [1.807, 2.05) is 0 Å². The zero-order valence-electron chi connectivity index (χ0n) is 11.4. The summed E-state index contributed by atoms with van der Waals surface area (Å²) in [4.78, 5) is 15.2. The molecule has 0 bridgehead atoms. The number of methoxy groups -OCH3 is 2. The van der Waals surface area contributed by atoms with Gasteiger partial charge in [-0.05, 0) is 12.1 Å². The summed E-state index contributed by atoms with van der Waals surface area (Å²) in [7, 11) is 2.97. The molecule has 0 amide bonds. The standard InChI is InChI=1S/C14H13ClN2O4/c1-20-11-7-10(12(21-2)6-9(11)15)17-13-8(14(18)19)4-3-5-16-13/h3-7H,1-2H3,(H,16,17)(H,18,19). The molecule has 0 saturated heterocycles. The molecule has 0 fully saturated rings. The highest BCUT2D eigenvalue weighted by molar-refractivity contribution is 6.32. The summed E-state index contributed by atoms with van der Waals surface area (Å²) >= 11 is 6.02. The van der Waals surface area contributed by atoms with E-state index in [-0.39, 0.29) is 11.4 Å². The molecule has 0 aliphatic rings. The number of pyridine rings is 1. The molecule has 0 spiro atoms. The zero-order valence-corrected chi connectivity index (χ0v) is 12.1. The molecule has 0 radical (unpaired) electrons. The van der Waals surface area contributed by atoms with Crippen LogP contribution in [0, 0.1) is 0 Å². The predicted molar refractivity (Wildman–Crippen MR) is 79.0 cm³/mol. The lowest BCUT2D eigenvalue weighted by Gasteiger charge is -2.14. The Balaban J connectivity index is 2.46. The van der Waals surface area contributed by atoms with Crippen molar-refractivity contribution in [3.8, 4) is 11.5 Å². The Morgan fingerprint density at radius 1 is 1.29 bits per heavy atom. The molecular weight excluding hydrogens is 296 g/mol. The molecule has 1 aromatic carbocycles. The van der Waals surface area contributed by atoms with Gasteiger partial charge < -0.3 is 19.9 Å². The number of anilines is 2. The molecule has 2 N–H and O–H groups in total. The van der Waals surface area contributed by atoms with Gasteiger partial charge in [-0.25, -0.2) is 9.78 Å². The van der Waals surface area contributed by atoms with E-state index in [2.05, 4.69) is 10.3 Å². The van der Waals surface area contributed by atoms with Crippen molar-refractivity contribution in [3.05, 3.63) is 41.0 Å². The summed E-state index contributed by atoms with van der Waals surface area (Å²) in [6.07, 6.45) is 1.49. The summed E-state index contributed by atoms with van der Waals surface area (Å²) in [5.74, 6) is 0.00809. The predicted octanol–water partition coefficient (Wildman–Crippen LogP) is 3.19. The third-order valence-electron chi connectivity index (χ3n) is 2.77. The highest BCUT2D eigenvalue weighted by Crippen LogP contribution is 2.37. The molecule has 0 saturated carbocycles. The van der Waals surface area contributed by atoms with Crippen LogP contribution >= 0.6 is 11.6 Å². The maximum atomic E-state index is 11.2. The normalized spacial score (nSPS) is 10.0. The van der Waals surface area contributed by atoms with Crippen molar-refractivity contribution in [2.75, 3.05) is 19.5 Å². The lowest BCUT2D eigenvalue weighted by atomic mass is 10.2. The van der Waals surface area contributed by atoms with Gasteiger partial charge in [-0.15, -0.1) is 0 Å². The monoisotopic (exact) mass is 308 g/mol. The number of carboxylic acid groups (broad SMARTS) is 1. The van der Waals surface area contributed by atoms with E-state index in [0.29, 0.717) is 22.2 Å². The van der Waals surface area contributed by atoms with Gasteiger partial charge in [0.1, 0.15) is 22.9 Å². The molecular formula is C14H13ClN2O4. The summed E-state index contributed by atoms with van der Waals surface area (Å²) in [5.41, 5.74) is 0.549. The Hall–Kier alpha value is -2.47. The van der Waals surface area contributed by atoms with Crippen molar-refractivity contribution in [1.82, 2.24) is 4.98 Å². The molecule has 0 aliphatic carbocycles. The van der Waals surface area contributed by atoms with Crippen molar-refractivity contribution < 1.29 is 19.4 Å². The SMILES string of the molecule is COc1cc(Nc2ncccc2C(=O)O)c(OC)cc1Cl. The molecule has 1 heterocycles. The van der Waals surface area contributed by atoms with Crippen LogP contribution in [0.1, 0.15) is 10.4 Å². The Kier molecular flexibility index (Phi) is 4.49. The molecule has 0 unspecified atom stereocenters. The molecule has 2 rings (SSSR count). The fourth-order valence-corrected chi connectivity index (χ4v) is 1.99. The second-order valence-electron chi connectivity index (χ2n) is 4.02. The van der Waals surface area contributed by atoms with Gasteiger partial charge in [-0.3, -0.25) is 0 Å². The van der Waals surface area contributed by atoms with Gasteiger partial charge in [-0.2, -0.15) is 0 Å². The molecule has 1 aromatic heterocycles. The van der Waals surface area contributed by atoms with Gasteiger partial charge in [0.05, 0.1) is 24.9 Å². The first-order valence-electron chi connectivity index (χ1n) is 5.93. The molecule has 110 valence electrons. The van der Waals surface area contributed by atoms with Crippen LogP contribution in [-0.2, 0) is 0 Å². The molecule has 0 atom stereocenters. The van der Waals surface area contributed by atoms with Crippen molar-refractivity contribution in [2.45, 2.75) is 0 Å². The fraction of sp³-hybridized carbons (Fsp3) is 0.143. The van der Waals surface area contributed by atoms with E-state index >= 15 is 0 Å². The van der Waals surface area contributed by atoms with Crippen molar-refractivity contribution >= 4 is 29.1 Å². The zero-order chi connectivity index (χ0) is 15.4. The minimum atomic E-state index is -1.08. The first-order valence-corrected chi connectivity index (χ1v) is 6.31. The number of rotatable bonds is 5. The first kappa shape index (κ1) is 14.9. The van der Waals surface area contributed by atoms with Crippen LogP contribution in [0.25, 0.3) is 0 Å². The Bertz CT molecular complexity index is 676. The smallest absolute Gasteiger partial charge is 0.339 e. The Morgan fingerprint density at radius 3 is 2.62 bits per heavy atom. The number of carboxylic acids is 1. The number of halogens is 1. The number of aromatic carboxylic acids is 1. The number of benzene rings is 1. The molecule has 6 nitrogen and oxygen atoms in total. The summed E-state index contributed by atoms with van der Waals surface area (Å²) < 4.78 is 10.4. The van der Waals surface area contributed by atoms with Gasteiger partial charge in [-0.1, -0.05) is 11.6 Å². The molecule has 21 heavy (non-hydrogen) atoms. The van der Waals surface area contributed by atoms with E-state index in [1.165, 1.54) is 26.5 Å². The number of nitrogens with one attached hydrogen (secondary N) is 1. The van der Waals surface area contributed by atoms with Crippen LogP contribution < -0.4 is 14.8 Å². The van der Waals surface area contributed by atoms with Gasteiger partial charge in [0.2, 0.25) is 0 Å². The minimum Gasteiger partial charge on any atom is -0.495 e. The fourth-order valence-electron chi connectivity index (χ4n) is 1.76. The second kappa shape index (κ2) is 6.32. The summed E-state index contributed by atoms with van der Waals surface area (Å²) in [6, 6.07) is 6.19. The van der Waals surface area contributed by atoms with Gasteiger partial charge in [0.25, 0.3) is 0 Å². The third-order valence-corrected chi connectivity index (χ3v) is 3.06. The van der Waals surface area contributed by atoms with Gasteiger partial charge in [0.15, 0.2) is 0 Å². The van der Waals surface area contributed by atoms with Gasteiger partial charge >= 0.3 is 5.97 Å². The maximum Gasteiger partial charge on any atom is 0.339 e. The van der Waals surface area contributed by atoms with E-state index < -0.39 is 5.97 Å². The molecule has 7 heteroatoms. The topological polar surface area (TPSA) is 80.7 Å². The summed E-state index contributed by atoms with van der Waals surface area (Å²) in [5, 5.41) is 12.5. The first-order chi connectivity index (χ1) is 10.1. The van der Waals surface area contributed by atoms with Crippen LogP contribution in [-0.4, -0.2) is 30.3 Å². The number of ether oxygens (including phenoxy) is 2. The van der Waals surface area contributed by atoms with Crippen LogP contribution in [0.4, 0.5) is 11.5 Å². The average molecular weight is 309 g/mol. The van der Waals surface area contributed by atoms with Crippen LogP contribution in [0.2, 0.25) is 5.02 Å². The van der Waals surface area contributed by atoms with Crippen LogP contribution in [0.15, 0.2) is 30.5 Å². The van der Waals surface area contributed by atoms with Crippen molar-refractivity contribution in [3.63, 3.8) is 0 Å². The number of hydrogen-bond donors (Lipinski definition) is 2. The second-order valence-corrected chi connectivity index (χ2v) is 4.42. The van der Waals surface area contributed by atoms with Crippen LogP contribution in [0.5, 0.6) is 11.5 Å². The Morgan fingerprint density at radius 2 is 2.00 bits per heavy atom. The van der Waals surface area contributed by atoms with Crippen molar-refractivity contribution in [1.29, 1.82) is 0 Å². The van der Waals surface area contributed by atoms with E-state index in [0.717, 1.165) is 0 Å². The van der Waals surface area contributed by atoms with Crippen molar-refractivity contribution in [2.24, 2.45) is 0 Å². The van der Waals surface area contributed by atoms with Crippen LogP contribution in [0.3, 0.4) is 0 Å². The Labute approximate surface area is 126 Å². The number of aromatic nitrogens is 1. The highest BCUT2D eigenvalue weighted by Gasteiger charge is 2.15. The third kappa shape index (κ3) is 3.17. The quantitative estimate of drug-likeness (QED) is 0.883. The van der Waals surface area contributed by atoms with Gasteiger partial charge in [0, 0.05) is 18.3 Å². The molecule has 2 aromatic rings.